The summed E-state index contributed by atoms with van der Waals surface area (Å²) in [6.07, 6.45) is 3.95. The average Bonchev–Trinajstić information content (AvgIpc) is 1.85. The molecular weight excluding hydrogens is 215 g/mol. The molecule has 0 atom stereocenters. The molecule has 0 bridgehead atoms. The van der Waals surface area contributed by atoms with Gasteiger partial charge in [-0.15, -0.1) is 6.07 Å². The van der Waals surface area contributed by atoms with Crippen molar-refractivity contribution in [1.82, 2.24) is 4.90 Å². The van der Waals surface area contributed by atoms with Crippen LogP contribution in [0.3, 0.4) is 0 Å². The Balaban J connectivity index is -0.000000140. The van der Waals surface area contributed by atoms with E-state index in [0.717, 1.165) is 0 Å². The van der Waals surface area contributed by atoms with Crippen LogP contribution in [-0.4, -0.2) is 33.1 Å². The van der Waals surface area contributed by atoms with Crippen molar-refractivity contribution in [3.05, 3.63) is 17.6 Å². The number of allylic oxidation sites excluding steroid dienone is 1. The Bertz CT molecular complexity index is 115. The molecule has 0 aliphatic carbocycles. The molecule has 0 saturated carbocycles. The Labute approximate surface area is 94.3 Å². The van der Waals surface area contributed by atoms with Gasteiger partial charge in [0.2, 0.25) is 0 Å². The minimum atomic E-state index is 0. The van der Waals surface area contributed by atoms with Gasteiger partial charge in [-0.3, -0.25) is 0 Å². The predicted octanol–water partition coefficient (Wildman–Crippen LogP) is 1.01. The Morgan fingerprint density at radius 2 is 1.82 bits per heavy atom. The van der Waals surface area contributed by atoms with Crippen molar-refractivity contribution in [2.75, 3.05) is 28.2 Å². The van der Waals surface area contributed by atoms with Gasteiger partial charge in [-0.25, -0.2) is 0 Å². The normalized spacial score (nSPS) is 7.18. The van der Waals surface area contributed by atoms with Crippen LogP contribution in [0.2, 0.25) is 0 Å². The average molecular weight is 228 g/mol. The number of nitriles is 1. The van der Waals surface area contributed by atoms with Crippen LogP contribution in [0.15, 0.2) is 6.08 Å². The van der Waals surface area contributed by atoms with Crippen molar-refractivity contribution in [3.8, 4) is 6.07 Å². The van der Waals surface area contributed by atoms with Gasteiger partial charge in [0, 0.05) is 32.7 Å². The zero-order chi connectivity index (χ0) is 8.41. The summed E-state index contributed by atoms with van der Waals surface area (Å²) in [5, 5.41) is 11.4. The topological polar surface area (TPSA) is 41.1 Å². The number of hydrogen-bond donors (Lipinski definition) is 0. The molecule has 0 N–H and O–H groups in total. The van der Waals surface area contributed by atoms with Crippen molar-refractivity contribution in [3.63, 3.8) is 0 Å². The maximum Gasteiger partial charge on any atom is 0 e. The fourth-order valence-electron chi connectivity index (χ4n) is 0.158. The molecule has 0 unspecified atom stereocenters. The van der Waals surface area contributed by atoms with Crippen LogP contribution in [-0.2, 0) is 32.7 Å². The van der Waals surface area contributed by atoms with E-state index >= 15 is 0 Å². The van der Waals surface area contributed by atoms with Crippen LogP contribution in [0.1, 0.15) is 0 Å². The molecule has 1 radical (unpaired) electrons. The van der Waals surface area contributed by atoms with Crippen molar-refractivity contribution >= 4 is 0 Å². The monoisotopic (exact) mass is 228 g/mol. The quantitative estimate of drug-likeness (QED) is 0.381. The Morgan fingerprint density at radius 1 is 1.45 bits per heavy atom. The summed E-state index contributed by atoms with van der Waals surface area (Å²) in [6.45, 7) is 0. The van der Waals surface area contributed by atoms with E-state index in [4.69, 9.17) is 5.26 Å². The molecule has 61 valence electrons. The fraction of sp³-hybridized carbons (Fsp3) is 0.571. The van der Waals surface area contributed by atoms with Crippen LogP contribution < -0.4 is 0 Å². The minimum absolute atomic E-state index is 0. The van der Waals surface area contributed by atoms with E-state index in [1.807, 2.05) is 20.2 Å². The molecule has 0 aromatic rings. The van der Waals surface area contributed by atoms with Gasteiger partial charge >= 0.3 is 0 Å². The summed E-state index contributed by atoms with van der Waals surface area (Å²) in [7, 11) is 7.13. The number of hydrogen-bond acceptors (Lipinski definition) is 2. The summed E-state index contributed by atoms with van der Waals surface area (Å²) in [6, 6.07) is 1.82. The van der Waals surface area contributed by atoms with E-state index < -0.39 is 0 Å². The van der Waals surface area contributed by atoms with Gasteiger partial charge in [0.25, 0.3) is 0 Å². The maximum absolute atomic E-state index is 7.92. The van der Waals surface area contributed by atoms with E-state index in [9.17, 15) is 0 Å². The zero-order valence-corrected chi connectivity index (χ0v) is 10.3. The second-order valence-electron chi connectivity index (χ2n) is 1.74. The molecule has 0 saturated heterocycles. The van der Waals surface area contributed by atoms with Gasteiger partial charge in [0.1, 0.15) is 0 Å². The third-order valence-corrected chi connectivity index (χ3v) is 0.387. The summed E-state index contributed by atoms with van der Waals surface area (Å²) in [4.78, 5) is 1.68. The van der Waals surface area contributed by atoms with E-state index in [0.29, 0.717) is 0 Å². The number of nitrogens with zero attached hydrogens (tertiary/aromatic N) is 3. The summed E-state index contributed by atoms with van der Waals surface area (Å²) in [5.41, 5.74) is 0. The smallest absolute Gasteiger partial charge is 0 e. The van der Waals surface area contributed by atoms with Gasteiger partial charge in [-0.1, -0.05) is 0 Å². The van der Waals surface area contributed by atoms with Crippen LogP contribution in [0.5, 0.6) is 0 Å². The van der Waals surface area contributed by atoms with Crippen LogP contribution >= 0.6 is 0 Å². The maximum atomic E-state index is 7.92. The first-order chi connectivity index (χ1) is 4.68. The molecule has 0 aromatic heterocycles. The van der Waals surface area contributed by atoms with Crippen molar-refractivity contribution < 1.29 is 32.7 Å². The second kappa shape index (κ2) is 16.6. The van der Waals surface area contributed by atoms with Gasteiger partial charge in [-0.05, 0) is 14.1 Å². The van der Waals surface area contributed by atoms with Crippen LogP contribution in [0.4, 0.5) is 0 Å². The molecule has 11 heavy (non-hydrogen) atoms. The third kappa shape index (κ3) is 39.5. The Kier molecular flexibility index (Phi) is 26.0. The van der Waals surface area contributed by atoms with Gasteiger partial charge in [-0.2, -0.15) is 26.4 Å². The van der Waals surface area contributed by atoms with E-state index in [1.165, 1.54) is 6.08 Å². The van der Waals surface area contributed by atoms with Gasteiger partial charge in [0.15, 0.2) is 0 Å². The molecular formula is C7H13N3Y-2. The molecule has 0 fully saturated rings. The fourth-order valence-corrected chi connectivity index (χ4v) is 0.158. The summed E-state index contributed by atoms with van der Waals surface area (Å²) >= 11 is 0. The molecule has 0 spiro atoms. The zero-order valence-electron chi connectivity index (χ0n) is 7.50. The van der Waals surface area contributed by atoms with Crippen molar-refractivity contribution in [1.29, 1.82) is 5.26 Å². The van der Waals surface area contributed by atoms with Gasteiger partial charge in [0.05, 0.1) is 0 Å². The first kappa shape index (κ1) is 17.3. The van der Waals surface area contributed by atoms with Gasteiger partial charge < -0.3 is 15.5 Å². The van der Waals surface area contributed by atoms with E-state index in [1.54, 1.807) is 19.0 Å². The Morgan fingerprint density at radius 3 is 1.91 bits per heavy atom. The SMILES string of the molecule is CN(C)[C-]=CC#N.C[N-]C.[Y]. The molecule has 0 aliphatic rings. The van der Waals surface area contributed by atoms with Crippen molar-refractivity contribution in [2.24, 2.45) is 0 Å². The minimum Gasteiger partial charge on any atom is -0.668 e. The Hall–Kier alpha value is 0.0939. The van der Waals surface area contributed by atoms with Crippen LogP contribution in [0.25, 0.3) is 5.32 Å². The molecule has 0 rings (SSSR count). The standard InChI is InChI=1S/C5H7N2.C2H6N.Y/c1-7(2)5-3-4-6;1-3-2;/h3H,1-2H3;1-2H3;/q2*-1;. The number of rotatable bonds is 1. The largest absolute Gasteiger partial charge is 0.668 e. The molecule has 3 nitrogen and oxygen atoms in total. The molecule has 4 heteroatoms. The first-order valence-electron chi connectivity index (χ1n) is 2.81. The molecule has 0 aliphatic heterocycles. The van der Waals surface area contributed by atoms with E-state index in [2.05, 4.69) is 11.5 Å². The van der Waals surface area contributed by atoms with Crippen molar-refractivity contribution in [2.45, 2.75) is 0 Å². The van der Waals surface area contributed by atoms with Crippen LogP contribution in [0, 0.1) is 17.5 Å². The first-order valence-corrected chi connectivity index (χ1v) is 2.81. The predicted molar refractivity (Wildman–Crippen MR) is 42.3 cm³/mol. The molecule has 0 heterocycles. The molecule has 0 aromatic carbocycles. The summed E-state index contributed by atoms with van der Waals surface area (Å²) < 4.78 is 0. The van der Waals surface area contributed by atoms with E-state index in [-0.39, 0.29) is 32.7 Å². The third-order valence-electron chi connectivity index (χ3n) is 0.387. The second-order valence-corrected chi connectivity index (χ2v) is 1.74. The molecule has 0 amide bonds. The summed E-state index contributed by atoms with van der Waals surface area (Å²) in [5.74, 6) is 0.